The quantitative estimate of drug-likeness (QED) is 0.370. The lowest BCUT2D eigenvalue weighted by Crippen LogP contribution is -2.54. The SMILES string of the molecule is CCC1CC2CC(C)CC(NCc3cnc(COc4cccc5nc(C)n(C6CCC(=O)NC6=O)c(=O)c45)s3)(C1)C2. The molecule has 10 heteroatoms. The second-order valence-corrected chi connectivity index (χ2v) is 13.6. The predicted molar refractivity (Wildman–Crippen MR) is 158 cm³/mol. The zero-order valence-electron chi connectivity index (χ0n) is 24.1. The van der Waals surface area contributed by atoms with E-state index < -0.39 is 11.9 Å². The molecule has 9 nitrogen and oxygen atoms in total. The van der Waals surface area contributed by atoms with Crippen LogP contribution in [0.25, 0.3) is 10.9 Å². The van der Waals surface area contributed by atoms with Gasteiger partial charge in [0.05, 0.1) is 5.52 Å². The number of rotatable bonds is 8. The highest BCUT2D eigenvalue weighted by Crippen LogP contribution is 2.48. The van der Waals surface area contributed by atoms with Crippen LogP contribution in [0.4, 0.5) is 0 Å². The number of ether oxygens (including phenoxy) is 1. The summed E-state index contributed by atoms with van der Waals surface area (Å²) in [5.41, 5.74) is 0.395. The zero-order valence-corrected chi connectivity index (χ0v) is 24.9. The molecule has 5 atom stereocenters. The lowest BCUT2D eigenvalue weighted by Gasteiger charge is -2.51. The summed E-state index contributed by atoms with van der Waals surface area (Å²) in [5.74, 6) is 2.45. The minimum Gasteiger partial charge on any atom is -0.486 e. The number of amides is 2. The number of benzene rings is 1. The predicted octanol–water partition coefficient (Wildman–Crippen LogP) is 4.80. The van der Waals surface area contributed by atoms with Crippen LogP contribution in [0.15, 0.2) is 29.2 Å². The Bertz CT molecular complexity index is 1530. The summed E-state index contributed by atoms with van der Waals surface area (Å²) >= 11 is 1.63. The number of nitrogens with zero attached hydrogens (tertiary/aromatic N) is 3. The summed E-state index contributed by atoms with van der Waals surface area (Å²) in [4.78, 5) is 48.2. The Kier molecular flexibility index (Phi) is 7.72. The van der Waals surface area contributed by atoms with Gasteiger partial charge in [-0.15, -0.1) is 11.3 Å². The van der Waals surface area contributed by atoms with Crippen molar-refractivity contribution in [2.45, 2.75) is 96.9 Å². The normalized spacial score (nSPS) is 28.1. The zero-order chi connectivity index (χ0) is 28.7. The summed E-state index contributed by atoms with van der Waals surface area (Å²) in [6, 6.07) is 4.54. The average molecular weight is 578 g/mol. The first-order chi connectivity index (χ1) is 19.7. The van der Waals surface area contributed by atoms with Gasteiger partial charge in [-0.25, -0.2) is 9.97 Å². The van der Waals surface area contributed by atoms with Crippen LogP contribution in [0.1, 0.15) is 87.0 Å². The minimum atomic E-state index is -0.780. The maximum atomic E-state index is 13.7. The van der Waals surface area contributed by atoms with E-state index >= 15 is 0 Å². The maximum Gasteiger partial charge on any atom is 0.265 e. The van der Waals surface area contributed by atoms with Crippen molar-refractivity contribution >= 4 is 34.1 Å². The van der Waals surface area contributed by atoms with Crippen LogP contribution >= 0.6 is 11.3 Å². The van der Waals surface area contributed by atoms with Crippen molar-refractivity contribution in [2.24, 2.45) is 17.8 Å². The second-order valence-electron chi connectivity index (χ2n) is 12.4. The van der Waals surface area contributed by atoms with Gasteiger partial charge in [-0.2, -0.15) is 0 Å². The van der Waals surface area contributed by atoms with E-state index in [1.54, 1.807) is 30.4 Å². The van der Waals surface area contributed by atoms with Gasteiger partial charge in [0.1, 0.15) is 34.6 Å². The van der Waals surface area contributed by atoms with Crippen molar-refractivity contribution in [3.8, 4) is 5.75 Å². The number of imide groups is 1. The number of aromatic nitrogens is 3. The van der Waals surface area contributed by atoms with Gasteiger partial charge in [-0.3, -0.25) is 24.3 Å². The highest BCUT2D eigenvalue weighted by atomic mass is 32.1. The van der Waals surface area contributed by atoms with Crippen molar-refractivity contribution in [1.29, 1.82) is 0 Å². The summed E-state index contributed by atoms with van der Waals surface area (Å²) in [7, 11) is 0. The van der Waals surface area contributed by atoms with Gasteiger partial charge in [0.2, 0.25) is 11.8 Å². The van der Waals surface area contributed by atoms with Crippen LogP contribution in [0, 0.1) is 24.7 Å². The Morgan fingerprint density at radius 1 is 1.20 bits per heavy atom. The molecular weight excluding hydrogens is 538 g/mol. The van der Waals surface area contributed by atoms with E-state index in [0.717, 1.165) is 29.3 Å². The monoisotopic (exact) mass is 577 g/mol. The molecule has 2 aliphatic carbocycles. The first-order valence-electron chi connectivity index (χ1n) is 14.9. The summed E-state index contributed by atoms with van der Waals surface area (Å²) in [6.07, 6.45) is 10.2. The second kappa shape index (κ2) is 11.3. The van der Waals surface area contributed by atoms with Gasteiger partial charge in [0.25, 0.3) is 5.56 Å². The summed E-state index contributed by atoms with van der Waals surface area (Å²) in [6.45, 7) is 7.47. The van der Waals surface area contributed by atoms with Crippen LogP contribution in [0.3, 0.4) is 0 Å². The molecule has 2 N–H and O–H groups in total. The van der Waals surface area contributed by atoms with Crippen molar-refractivity contribution in [3.63, 3.8) is 0 Å². The number of carbonyl (C=O) groups excluding carboxylic acids is 2. The van der Waals surface area contributed by atoms with Crippen molar-refractivity contribution in [1.82, 2.24) is 25.2 Å². The van der Waals surface area contributed by atoms with E-state index in [9.17, 15) is 14.4 Å². The van der Waals surface area contributed by atoms with Crippen molar-refractivity contribution < 1.29 is 14.3 Å². The maximum absolute atomic E-state index is 13.7. The third-order valence-corrected chi connectivity index (χ3v) is 10.2. The molecular formula is C31H39N5O4S. The average Bonchev–Trinajstić information content (AvgIpc) is 3.39. The molecule has 6 rings (SSSR count). The lowest BCUT2D eigenvalue weighted by molar-refractivity contribution is -0.135. The van der Waals surface area contributed by atoms with Gasteiger partial charge in [0, 0.05) is 29.6 Å². The van der Waals surface area contributed by atoms with Crippen LogP contribution < -0.4 is 20.9 Å². The number of hydrogen-bond donors (Lipinski definition) is 2. The minimum absolute atomic E-state index is 0.180. The Hall–Kier alpha value is -3.11. The molecule has 3 aliphatic rings. The molecule has 1 saturated heterocycles. The fraction of sp³-hybridized carbons (Fsp3) is 0.581. The number of piperidine rings is 1. The molecule has 1 aromatic carbocycles. The molecule has 3 fully saturated rings. The molecule has 0 radical (unpaired) electrons. The Balaban J connectivity index is 1.17. The topological polar surface area (TPSA) is 115 Å². The summed E-state index contributed by atoms with van der Waals surface area (Å²) < 4.78 is 7.53. The van der Waals surface area contributed by atoms with Gasteiger partial charge < -0.3 is 10.1 Å². The Morgan fingerprint density at radius 2 is 2.05 bits per heavy atom. The largest absolute Gasteiger partial charge is 0.486 e. The number of fused-ring (bicyclic) bond motifs is 3. The van der Waals surface area contributed by atoms with E-state index in [4.69, 9.17) is 4.74 Å². The first-order valence-corrected chi connectivity index (χ1v) is 15.7. The van der Waals surface area contributed by atoms with Crippen molar-refractivity contribution in [3.05, 3.63) is 50.5 Å². The van der Waals surface area contributed by atoms with Crippen LogP contribution in [-0.2, 0) is 22.7 Å². The third-order valence-electron chi connectivity index (χ3n) is 9.26. The van der Waals surface area contributed by atoms with E-state index in [2.05, 4.69) is 34.4 Å². The van der Waals surface area contributed by atoms with E-state index in [-0.39, 0.29) is 36.5 Å². The molecule has 3 heterocycles. The third kappa shape index (κ3) is 5.68. The highest BCUT2D eigenvalue weighted by Gasteiger charge is 2.44. The van der Waals surface area contributed by atoms with Gasteiger partial charge in [-0.05, 0) is 75.3 Å². The first kappa shape index (κ1) is 28.0. The smallest absolute Gasteiger partial charge is 0.265 e. The molecule has 2 saturated carbocycles. The molecule has 5 unspecified atom stereocenters. The Labute approximate surface area is 244 Å². The molecule has 218 valence electrons. The summed E-state index contributed by atoms with van der Waals surface area (Å²) in [5, 5.41) is 7.47. The number of aryl methyl sites for hydroxylation is 1. The van der Waals surface area contributed by atoms with Crippen molar-refractivity contribution in [2.75, 3.05) is 0 Å². The van der Waals surface area contributed by atoms with E-state index in [1.165, 1.54) is 48.0 Å². The van der Waals surface area contributed by atoms with Gasteiger partial charge in [0.15, 0.2) is 0 Å². The van der Waals surface area contributed by atoms with Gasteiger partial charge >= 0.3 is 0 Å². The van der Waals surface area contributed by atoms with Crippen LogP contribution in [-0.4, -0.2) is 31.9 Å². The Morgan fingerprint density at radius 3 is 2.85 bits per heavy atom. The van der Waals surface area contributed by atoms with Crippen LogP contribution in [0.2, 0.25) is 0 Å². The number of thiazole rings is 1. The molecule has 1 aliphatic heterocycles. The molecule has 41 heavy (non-hydrogen) atoms. The van der Waals surface area contributed by atoms with E-state index in [1.807, 2.05) is 12.3 Å². The van der Waals surface area contributed by atoms with Gasteiger partial charge in [-0.1, -0.05) is 26.3 Å². The van der Waals surface area contributed by atoms with E-state index in [0.29, 0.717) is 22.5 Å². The molecule has 2 aromatic heterocycles. The fourth-order valence-electron chi connectivity index (χ4n) is 7.67. The number of carbonyl (C=O) groups is 2. The number of hydrogen-bond acceptors (Lipinski definition) is 8. The van der Waals surface area contributed by atoms with Crippen LogP contribution in [0.5, 0.6) is 5.75 Å². The standard InChI is InChI=1S/C31H39N5O4S/c1-4-20-11-21-10-18(2)12-31(13-20,14-21)33-16-22-15-32-27(41-22)17-40-25-7-5-6-23-28(25)30(39)36(19(3)34-23)24-8-9-26(37)35-29(24)38/h5-7,15,18,20-21,24,33H,4,8-14,16-17H2,1-3H3,(H,35,37,38). The highest BCUT2D eigenvalue weighted by molar-refractivity contribution is 7.11. The number of nitrogens with one attached hydrogen (secondary N) is 2. The molecule has 2 bridgehead atoms. The lowest BCUT2D eigenvalue weighted by atomic mass is 9.60. The molecule has 2 amide bonds. The molecule has 3 aromatic rings. The fourth-order valence-corrected chi connectivity index (χ4v) is 8.45. The molecule has 0 spiro atoms.